The fourth-order valence-electron chi connectivity index (χ4n) is 1.97. The summed E-state index contributed by atoms with van der Waals surface area (Å²) in [4.78, 5) is 36.2. The van der Waals surface area contributed by atoms with Crippen LogP contribution in [0.25, 0.3) is 0 Å². The van der Waals surface area contributed by atoms with Gasteiger partial charge >= 0.3 is 11.9 Å². The van der Waals surface area contributed by atoms with E-state index in [1.807, 2.05) is 0 Å². The molecule has 8 heteroatoms. The number of nitrogens with one attached hydrogen (secondary N) is 1. The zero-order valence-corrected chi connectivity index (χ0v) is 14.4. The molecule has 1 aromatic rings. The number of nitrogens with zero attached hydrogens (tertiary/aromatic N) is 1. The summed E-state index contributed by atoms with van der Waals surface area (Å²) in [7, 11) is 0. The second-order valence-electron chi connectivity index (χ2n) is 4.92. The van der Waals surface area contributed by atoms with Crippen molar-refractivity contribution in [2.75, 3.05) is 13.2 Å². The van der Waals surface area contributed by atoms with Gasteiger partial charge in [0.05, 0.1) is 13.2 Å². The Bertz CT molecular complexity index is 639. The fraction of sp³-hybridized carbons (Fsp3) is 0.412. The van der Waals surface area contributed by atoms with Crippen molar-refractivity contribution in [3.63, 3.8) is 0 Å². The third-order valence-electron chi connectivity index (χ3n) is 3.20. The van der Waals surface area contributed by atoms with Crippen molar-refractivity contribution >= 4 is 23.6 Å². The lowest BCUT2D eigenvalue weighted by Crippen LogP contribution is -2.35. The van der Waals surface area contributed by atoms with Crippen molar-refractivity contribution in [1.82, 2.24) is 5.43 Å². The minimum absolute atomic E-state index is 0.0145. The van der Waals surface area contributed by atoms with Gasteiger partial charge in [0.2, 0.25) is 0 Å². The van der Waals surface area contributed by atoms with Gasteiger partial charge in [-0.1, -0.05) is 6.92 Å². The van der Waals surface area contributed by atoms with Gasteiger partial charge in [-0.05, 0) is 44.5 Å². The first-order chi connectivity index (χ1) is 11.9. The van der Waals surface area contributed by atoms with Gasteiger partial charge in [0, 0.05) is 5.56 Å². The van der Waals surface area contributed by atoms with Gasteiger partial charge in [-0.15, -0.1) is 0 Å². The maximum absolute atomic E-state index is 12.1. The summed E-state index contributed by atoms with van der Waals surface area (Å²) in [5.41, 5.74) is 2.23. The summed E-state index contributed by atoms with van der Waals surface area (Å²) in [6, 6.07) is 5.48. The molecular formula is C17H22N2O6. The molecule has 0 spiro atoms. The van der Waals surface area contributed by atoms with E-state index in [4.69, 9.17) is 9.47 Å². The third-order valence-corrected chi connectivity index (χ3v) is 3.20. The topological polar surface area (TPSA) is 114 Å². The highest BCUT2D eigenvalue weighted by Gasteiger charge is 2.31. The van der Waals surface area contributed by atoms with Gasteiger partial charge in [0.1, 0.15) is 11.7 Å². The predicted molar refractivity (Wildman–Crippen MR) is 90.1 cm³/mol. The maximum Gasteiger partial charge on any atom is 0.355 e. The highest BCUT2D eigenvalue weighted by atomic mass is 16.5. The highest BCUT2D eigenvalue weighted by Crippen LogP contribution is 2.12. The largest absolute Gasteiger partial charge is 0.508 e. The second-order valence-corrected chi connectivity index (χ2v) is 4.92. The van der Waals surface area contributed by atoms with Crippen molar-refractivity contribution in [3.8, 4) is 5.75 Å². The Hall–Kier alpha value is -2.90. The number of esters is 2. The van der Waals surface area contributed by atoms with E-state index in [1.165, 1.54) is 24.3 Å². The smallest absolute Gasteiger partial charge is 0.355 e. The van der Waals surface area contributed by atoms with E-state index in [0.717, 1.165) is 0 Å². The minimum Gasteiger partial charge on any atom is -0.508 e. The van der Waals surface area contributed by atoms with Crippen LogP contribution in [-0.4, -0.2) is 41.9 Å². The number of amides is 1. The maximum atomic E-state index is 12.1. The first-order valence-electron chi connectivity index (χ1n) is 7.95. The van der Waals surface area contributed by atoms with Crippen LogP contribution in [0.2, 0.25) is 0 Å². The lowest BCUT2D eigenvalue weighted by atomic mass is 10.0. The Morgan fingerprint density at radius 2 is 1.68 bits per heavy atom. The molecule has 0 unspecified atom stereocenters. The Morgan fingerprint density at radius 1 is 1.08 bits per heavy atom. The van der Waals surface area contributed by atoms with Crippen LogP contribution in [0.4, 0.5) is 0 Å². The number of phenolic OH excluding ortho intramolecular Hbond substituents is 1. The van der Waals surface area contributed by atoms with Crippen LogP contribution in [0.15, 0.2) is 29.4 Å². The number of aromatic hydroxyl groups is 1. The van der Waals surface area contributed by atoms with Gasteiger partial charge in [-0.2, -0.15) is 5.10 Å². The average molecular weight is 350 g/mol. The van der Waals surface area contributed by atoms with E-state index in [2.05, 4.69) is 10.5 Å². The number of phenols is 1. The first kappa shape index (κ1) is 20.1. The van der Waals surface area contributed by atoms with E-state index < -0.39 is 23.8 Å². The number of rotatable bonds is 8. The minimum atomic E-state index is -0.945. The van der Waals surface area contributed by atoms with Crippen molar-refractivity contribution in [2.24, 2.45) is 11.0 Å². The summed E-state index contributed by atoms with van der Waals surface area (Å²) in [5.74, 6) is -2.94. The molecule has 0 saturated carbocycles. The molecule has 0 heterocycles. The summed E-state index contributed by atoms with van der Waals surface area (Å²) >= 11 is 0. The van der Waals surface area contributed by atoms with E-state index in [-0.39, 0.29) is 36.7 Å². The van der Waals surface area contributed by atoms with Crippen molar-refractivity contribution < 1.29 is 29.0 Å². The Morgan fingerprint density at radius 3 is 2.20 bits per heavy atom. The summed E-state index contributed by atoms with van der Waals surface area (Å²) in [6.07, 6.45) is 0.256. The molecule has 1 aromatic carbocycles. The molecule has 0 fully saturated rings. The summed E-state index contributed by atoms with van der Waals surface area (Å²) < 4.78 is 9.85. The van der Waals surface area contributed by atoms with Crippen LogP contribution >= 0.6 is 0 Å². The normalized spacial score (nSPS) is 12.2. The number of hydrazone groups is 1. The van der Waals surface area contributed by atoms with Gasteiger partial charge in [0.25, 0.3) is 5.91 Å². The summed E-state index contributed by atoms with van der Waals surface area (Å²) in [5, 5.41) is 13.0. The van der Waals surface area contributed by atoms with Crippen LogP contribution in [0, 0.1) is 5.92 Å². The van der Waals surface area contributed by atoms with Crippen molar-refractivity contribution in [1.29, 1.82) is 0 Å². The van der Waals surface area contributed by atoms with E-state index in [1.54, 1.807) is 20.8 Å². The average Bonchev–Trinajstić information content (AvgIpc) is 2.59. The number of hydrogen-bond donors (Lipinski definition) is 2. The molecule has 0 bridgehead atoms. The number of benzene rings is 1. The quantitative estimate of drug-likeness (QED) is 0.418. The van der Waals surface area contributed by atoms with Crippen molar-refractivity contribution in [3.05, 3.63) is 29.8 Å². The second kappa shape index (κ2) is 10.1. The fourth-order valence-corrected chi connectivity index (χ4v) is 1.97. The van der Waals surface area contributed by atoms with Gasteiger partial charge in [-0.25, -0.2) is 10.2 Å². The molecule has 1 atom stereocenters. The third kappa shape index (κ3) is 5.91. The molecule has 2 N–H and O–H groups in total. The van der Waals surface area contributed by atoms with Gasteiger partial charge in [-0.3, -0.25) is 9.59 Å². The zero-order valence-electron chi connectivity index (χ0n) is 14.4. The number of carbonyl (C=O) groups is 3. The lowest BCUT2D eigenvalue weighted by Gasteiger charge is -2.15. The first-order valence-corrected chi connectivity index (χ1v) is 7.95. The van der Waals surface area contributed by atoms with Crippen LogP contribution < -0.4 is 5.43 Å². The monoisotopic (exact) mass is 350 g/mol. The van der Waals surface area contributed by atoms with Crippen molar-refractivity contribution in [2.45, 2.75) is 27.2 Å². The Balaban J connectivity index is 3.03. The number of carbonyl (C=O) groups excluding carboxylic acids is 3. The molecule has 8 nitrogen and oxygen atoms in total. The standard InChI is InChI=1S/C17H22N2O6/c1-4-13(16(22)24-5-2)14(17(23)25-6-3)18-19-15(21)11-7-9-12(20)10-8-11/h7-10,13,20H,4-6H2,1-3H3,(H,19,21)/b18-14-/t13-/m0/s1. The SMILES string of the molecule is CCOC(=O)/C(=N\NC(=O)c1ccc(O)cc1)[C@H](CC)C(=O)OCC. The zero-order chi connectivity index (χ0) is 18.8. The number of hydrogen-bond acceptors (Lipinski definition) is 7. The van der Waals surface area contributed by atoms with Crippen LogP contribution in [0.5, 0.6) is 5.75 Å². The molecular weight excluding hydrogens is 328 g/mol. The Kier molecular flexibility index (Phi) is 8.11. The molecule has 25 heavy (non-hydrogen) atoms. The summed E-state index contributed by atoms with van der Waals surface area (Å²) in [6.45, 7) is 5.22. The molecule has 0 aliphatic heterocycles. The van der Waals surface area contributed by atoms with Crippen LogP contribution in [0.1, 0.15) is 37.6 Å². The lowest BCUT2D eigenvalue weighted by molar-refractivity contribution is -0.147. The molecule has 136 valence electrons. The molecule has 0 saturated heterocycles. The van der Waals surface area contributed by atoms with E-state index >= 15 is 0 Å². The van der Waals surface area contributed by atoms with E-state index in [9.17, 15) is 19.5 Å². The van der Waals surface area contributed by atoms with Crippen LogP contribution in [-0.2, 0) is 19.1 Å². The molecule has 0 aliphatic rings. The predicted octanol–water partition coefficient (Wildman–Crippen LogP) is 1.63. The number of ether oxygens (including phenoxy) is 2. The molecule has 0 radical (unpaired) electrons. The Labute approximate surface area is 145 Å². The highest BCUT2D eigenvalue weighted by molar-refractivity contribution is 6.40. The van der Waals surface area contributed by atoms with Gasteiger partial charge < -0.3 is 14.6 Å². The van der Waals surface area contributed by atoms with Crippen LogP contribution in [0.3, 0.4) is 0 Å². The molecule has 1 rings (SSSR count). The van der Waals surface area contributed by atoms with Gasteiger partial charge in [0.15, 0.2) is 5.71 Å². The molecule has 1 amide bonds. The van der Waals surface area contributed by atoms with E-state index in [0.29, 0.717) is 0 Å². The molecule has 0 aromatic heterocycles. The molecule has 0 aliphatic carbocycles.